The molecule has 24 heavy (non-hydrogen) atoms. The number of nitrogens with zero attached hydrogens (tertiary/aromatic N) is 1. The van der Waals surface area contributed by atoms with Crippen molar-refractivity contribution in [2.75, 3.05) is 0 Å². The molecule has 0 saturated heterocycles. The number of aliphatic hydroxyl groups is 1. The maximum atomic E-state index is 12.6. The van der Waals surface area contributed by atoms with Crippen molar-refractivity contribution in [3.8, 4) is 0 Å². The lowest BCUT2D eigenvalue weighted by Crippen LogP contribution is -2.20. The first-order valence-corrected chi connectivity index (χ1v) is 7.58. The zero-order valence-electron chi connectivity index (χ0n) is 14.0. The van der Waals surface area contributed by atoms with E-state index in [1.807, 2.05) is 0 Å². The van der Waals surface area contributed by atoms with Gasteiger partial charge in [-0.05, 0) is 44.7 Å². The molecule has 7 heteroatoms. The fourth-order valence-corrected chi connectivity index (χ4v) is 2.18. The number of hydrogen-bond acceptors (Lipinski definition) is 4. The van der Waals surface area contributed by atoms with E-state index in [0.29, 0.717) is 35.4 Å². The molecule has 0 aliphatic heterocycles. The van der Waals surface area contributed by atoms with Gasteiger partial charge in [-0.25, -0.2) is 0 Å². The standard InChI is InChI=1S/C17H24F3N3O/c1-11(22)13(10-21)15-5-4-12(6-8-16(2,3)24)14(23-15)7-9-17(18,19)20/h4-5,10,24H,1,6-9,21-22H2,2-3H3. The Morgan fingerprint density at radius 2 is 1.88 bits per heavy atom. The first kappa shape index (κ1) is 20.0. The first-order valence-electron chi connectivity index (χ1n) is 7.58. The maximum Gasteiger partial charge on any atom is 0.389 e. The van der Waals surface area contributed by atoms with Crippen LogP contribution in [0.25, 0.3) is 5.57 Å². The summed E-state index contributed by atoms with van der Waals surface area (Å²) in [5.41, 5.74) is 12.2. The number of nitrogens with two attached hydrogens (primary N) is 2. The SMILES string of the molecule is C=C(N)C(=CN)c1ccc(CCC(C)(C)O)c(CCC(F)(F)F)n1. The molecule has 1 heterocycles. The minimum atomic E-state index is -4.27. The molecule has 0 atom stereocenters. The van der Waals surface area contributed by atoms with Crippen molar-refractivity contribution in [2.45, 2.75) is 51.3 Å². The summed E-state index contributed by atoms with van der Waals surface area (Å²) in [6, 6.07) is 3.35. The normalized spacial score (nSPS) is 13.2. The van der Waals surface area contributed by atoms with Crippen LogP contribution in [0, 0.1) is 0 Å². The second-order valence-electron chi connectivity index (χ2n) is 6.34. The molecule has 134 valence electrons. The average molecular weight is 343 g/mol. The van der Waals surface area contributed by atoms with E-state index in [-0.39, 0.29) is 12.1 Å². The third-order valence-corrected chi connectivity index (χ3v) is 3.51. The summed E-state index contributed by atoms with van der Waals surface area (Å²) in [4.78, 5) is 4.30. The van der Waals surface area contributed by atoms with Gasteiger partial charge in [-0.3, -0.25) is 4.98 Å². The Morgan fingerprint density at radius 3 is 2.33 bits per heavy atom. The van der Waals surface area contributed by atoms with Crippen molar-refractivity contribution in [3.05, 3.63) is 47.6 Å². The van der Waals surface area contributed by atoms with Crippen molar-refractivity contribution in [3.63, 3.8) is 0 Å². The zero-order valence-corrected chi connectivity index (χ0v) is 14.0. The Bertz CT molecular complexity index is 616. The van der Waals surface area contributed by atoms with Gasteiger partial charge in [0.25, 0.3) is 0 Å². The molecule has 0 amide bonds. The molecule has 4 nitrogen and oxygen atoms in total. The number of pyridine rings is 1. The second-order valence-corrected chi connectivity index (χ2v) is 6.34. The van der Waals surface area contributed by atoms with Crippen molar-refractivity contribution in [2.24, 2.45) is 11.5 Å². The van der Waals surface area contributed by atoms with Crippen LogP contribution in [-0.4, -0.2) is 21.9 Å². The number of allylic oxidation sites excluding steroid dienone is 1. The van der Waals surface area contributed by atoms with Gasteiger partial charge < -0.3 is 16.6 Å². The third kappa shape index (κ3) is 6.62. The van der Waals surface area contributed by atoms with Crippen LogP contribution >= 0.6 is 0 Å². The number of rotatable bonds is 7. The lowest BCUT2D eigenvalue weighted by atomic mass is 9.96. The number of hydrogen-bond donors (Lipinski definition) is 3. The van der Waals surface area contributed by atoms with Gasteiger partial charge in [-0.2, -0.15) is 13.2 Å². The Labute approximate surface area is 140 Å². The van der Waals surface area contributed by atoms with Gasteiger partial charge in [0.15, 0.2) is 0 Å². The molecular formula is C17H24F3N3O. The summed E-state index contributed by atoms with van der Waals surface area (Å²) >= 11 is 0. The first-order chi connectivity index (χ1) is 10.9. The quantitative estimate of drug-likeness (QED) is 0.664. The van der Waals surface area contributed by atoms with E-state index in [9.17, 15) is 18.3 Å². The predicted molar refractivity (Wildman–Crippen MR) is 88.7 cm³/mol. The van der Waals surface area contributed by atoms with Gasteiger partial charge in [0, 0.05) is 29.6 Å². The van der Waals surface area contributed by atoms with Crippen LogP contribution < -0.4 is 11.5 Å². The number of halogens is 3. The molecular weight excluding hydrogens is 319 g/mol. The molecule has 0 fully saturated rings. The Hall–Kier alpha value is -2.02. The molecule has 1 aromatic heterocycles. The summed E-state index contributed by atoms with van der Waals surface area (Å²) in [5.74, 6) is 0. The lowest BCUT2D eigenvalue weighted by Gasteiger charge is -2.19. The average Bonchev–Trinajstić information content (AvgIpc) is 2.42. The largest absolute Gasteiger partial charge is 0.404 e. The molecule has 0 aliphatic rings. The van der Waals surface area contributed by atoms with Gasteiger partial charge in [0.2, 0.25) is 0 Å². The Morgan fingerprint density at radius 1 is 1.25 bits per heavy atom. The summed E-state index contributed by atoms with van der Waals surface area (Å²) in [5, 5.41) is 9.83. The molecule has 5 N–H and O–H groups in total. The Kier molecular flexibility index (Phi) is 6.42. The summed E-state index contributed by atoms with van der Waals surface area (Å²) < 4.78 is 37.7. The fraction of sp³-hybridized carbons (Fsp3) is 0.471. The van der Waals surface area contributed by atoms with Crippen molar-refractivity contribution < 1.29 is 18.3 Å². The molecule has 0 unspecified atom stereocenters. The summed E-state index contributed by atoms with van der Waals surface area (Å²) in [7, 11) is 0. The highest BCUT2D eigenvalue weighted by atomic mass is 19.4. The Balaban J connectivity index is 3.16. The number of alkyl halides is 3. The second kappa shape index (κ2) is 7.70. The van der Waals surface area contributed by atoms with Gasteiger partial charge in [-0.1, -0.05) is 12.6 Å². The van der Waals surface area contributed by atoms with Gasteiger partial charge >= 0.3 is 6.18 Å². The number of aryl methyl sites for hydroxylation is 2. The molecule has 0 bridgehead atoms. The maximum absolute atomic E-state index is 12.6. The van der Waals surface area contributed by atoms with Crippen LogP contribution in [0.2, 0.25) is 0 Å². The monoisotopic (exact) mass is 343 g/mol. The van der Waals surface area contributed by atoms with E-state index in [1.54, 1.807) is 26.0 Å². The van der Waals surface area contributed by atoms with Crippen molar-refractivity contribution >= 4 is 5.57 Å². The topological polar surface area (TPSA) is 85.2 Å². The molecule has 0 radical (unpaired) electrons. The minimum Gasteiger partial charge on any atom is -0.404 e. The van der Waals surface area contributed by atoms with Crippen LogP contribution in [0.15, 0.2) is 30.6 Å². The van der Waals surface area contributed by atoms with Gasteiger partial charge in [0.1, 0.15) is 0 Å². The predicted octanol–water partition coefficient (Wildman–Crippen LogP) is 3.05. The van der Waals surface area contributed by atoms with Crippen molar-refractivity contribution in [1.82, 2.24) is 4.98 Å². The van der Waals surface area contributed by atoms with E-state index in [2.05, 4.69) is 11.6 Å². The highest BCUT2D eigenvalue weighted by Gasteiger charge is 2.27. The fourth-order valence-electron chi connectivity index (χ4n) is 2.18. The van der Waals surface area contributed by atoms with Gasteiger partial charge in [0.05, 0.1) is 11.3 Å². The highest BCUT2D eigenvalue weighted by molar-refractivity contribution is 5.75. The van der Waals surface area contributed by atoms with Crippen LogP contribution in [0.4, 0.5) is 13.2 Å². The van der Waals surface area contributed by atoms with Gasteiger partial charge in [-0.15, -0.1) is 0 Å². The number of aromatic nitrogens is 1. The van der Waals surface area contributed by atoms with E-state index < -0.39 is 18.2 Å². The van der Waals surface area contributed by atoms with Crippen LogP contribution in [0.5, 0.6) is 0 Å². The van der Waals surface area contributed by atoms with Crippen LogP contribution in [-0.2, 0) is 12.8 Å². The molecule has 0 aromatic carbocycles. The minimum absolute atomic E-state index is 0.191. The molecule has 1 rings (SSSR count). The molecule has 0 saturated carbocycles. The van der Waals surface area contributed by atoms with E-state index >= 15 is 0 Å². The van der Waals surface area contributed by atoms with E-state index in [4.69, 9.17) is 11.5 Å². The van der Waals surface area contributed by atoms with E-state index in [1.165, 1.54) is 6.20 Å². The zero-order chi connectivity index (χ0) is 18.5. The van der Waals surface area contributed by atoms with Crippen molar-refractivity contribution in [1.29, 1.82) is 0 Å². The molecule has 1 aromatic rings. The highest BCUT2D eigenvalue weighted by Crippen LogP contribution is 2.26. The van der Waals surface area contributed by atoms with Crippen LogP contribution in [0.3, 0.4) is 0 Å². The van der Waals surface area contributed by atoms with Crippen LogP contribution in [0.1, 0.15) is 43.6 Å². The molecule has 0 spiro atoms. The summed E-state index contributed by atoms with van der Waals surface area (Å²) in [6.45, 7) is 6.89. The summed E-state index contributed by atoms with van der Waals surface area (Å²) in [6.07, 6.45) is -3.41. The molecule has 0 aliphatic carbocycles. The third-order valence-electron chi connectivity index (χ3n) is 3.51. The lowest BCUT2D eigenvalue weighted by molar-refractivity contribution is -0.134. The van der Waals surface area contributed by atoms with E-state index in [0.717, 1.165) is 0 Å². The smallest absolute Gasteiger partial charge is 0.389 e.